The Morgan fingerprint density at radius 3 is 2.68 bits per heavy atom. The molecule has 1 aromatic rings. The molecule has 1 aliphatic carbocycles. The highest BCUT2D eigenvalue weighted by atomic mass is 32.1. The molecular formula is C15H24N2OS. The molecule has 0 radical (unpaired) electrons. The van der Waals surface area contributed by atoms with E-state index in [2.05, 4.69) is 11.8 Å². The van der Waals surface area contributed by atoms with Crippen LogP contribution >= 0.6 is 11.3 Å². The van der Waals surface area contributed by atoms with Crippen LogP contribution in [-0.4, -0.2) is 22.7 Å². The molecule has 1 saturated heterocycles. The van der Waals surface area contributed by atoms with E-state index in [9.17, 15) is 5.11 Å². The molecule has 19 heavy (non-hydrogen) atoms. The van der Waals surface area contributed by atoms with Gasteiger partial charge < -0.3 is 10.0 Å². The van der Waals surface area contributed by atoms with Crippen molar-refractivity contribution in [2.45, 2.75) is 64.5 Å². The van der Waals surface area contributed by atoms with Crippen LogP contribution in [0.25, 0.3) is 0 Å². The highest BCUT2D eigenvalue weighted by Gasteiger charge is 2.34. The van der Waals surface area contributed by atoms with E-state index in [1.54, 1.807) is 11.3 Å². The lowest BCUT2D eigenvalue weighted by Gasteiger charge is -2.29. The van der Waals surface area contributed by atoms with Gasteiger partial charge in [0.15, 0.2) is 5.13 Å². The number of nitrogens with zero attached hydrogens (tertiary/aromatic N) is 2. The molecule has 1 unspecified atom stereocenters. The summed E-state index contributed by atoms with van der Waals surface area (Å²) in [6, 6.07) is 0.713. The van der Waals surface area contributed by atoms with Gasteiger partial charge in [-0.1, -0.05) is 31.1 Å². The summed E-state index contributed by atoms with van der Waals surface area (Å²) >= 11 is 1.71. The van der Waals surface area contributed by atoms with Crippen LogP contribution < -0.4 is 4.90 Å². The minimum absolute atomic E-state index is 0.142. The van der Waals surface area contributed by atoms with Gasteiger partial charge >= 0.3 is 0 Å². The van der Waals surface area contributed by atoms with Crippen molar-refractivity contribution in [3.8, 4) is 0 Å². The van der Waals surface area contributed by atoms with Crippen molar-refractivity contribution < 1.29 is 5.11 Å². The first-order chi connectivity index (χ1) is 9.33. The fourth-order valence-electron chi connectivity index (χ4n) is 3.75. The van der Waals surface area contributed by atoms with E-state index in [-0.39, 0.29) is 6.61 Å². The zero-order valence-electron chi connectivity index (χ0n) is 11.8. The van der Waals surface area contributed by atoms with Crippen LogP contribution in [0.5, 0.6) is 0 Å². The Labute approximate surface area is 119 Å². The van der Waals surface area contributed by atoms with Gasteiger partial charge in [0.25, 0.3) is 0 Å². The number of aryl methyl sites for hydroxylation is 1. The van der Waals surface area contributed by atoms with E-state index in [0.29, 0.717) is 6.04 Å². The minimum atomic E-state index is 0.142. The first kappa shape index (κ1) is 13.4. The van der Waals surface area contributed by atoms with E-state index in [0.717, 1.165) is 34.6 Å². The molecule has 2 fully saturated rings. The second-order valence-corrected chi connectivity index (χ2v) is 6.89. The highest BCUT2D eigenvalue weighted by Crippen LogP contribution is 2.39. The average molecular weight is 280 g/mol. The summed E-state index contributed by atoms with van der Waals surface area (Å²) in [5.74, 6) is 0.883. The van der Waals surface area contributed by atoms with Crippen molar-refractivity contribution in [2.24, 2.45) is 5.92 Å². The molecule has 106 valence electrons. The van der Waals surface area contributed by atoms with Crippen LogP contribution in [0.15, 0.2) is 0 Å². The van der Waals surface area contributed by atoms with E-state index >= 15 is 0 Å². The Balaban J connectivity index is 1.81. The Morgan fingerprint density at radius 1 is 1.26 bits per heavy atom. The molecule has 4 heteroatoms. The van der Waals surface area contributed by atoms with Gasteiger partial charge in [0.05, 0.1) is 17.2 Å². The number of aromatic nitrogens is 1. The Bertz CT molecular complexity index is 404. The summed E-state index contributed by atoms with van der Waals surface area (Å²) in [7, 11) is 0. The second kappa shape index (κ2) is 5.80. The van der Waals surface area contributed by atoms with Crippen molar-refractivity contribution >= 4 is 16.5 Å². The molecule has 0 aromatic carbocycles. The second-order valence-electron chi connectivity index (χ2n) is 5.83. The van der Waals surface area contributed by atoms with Crippen molar-refractivity contribution in [3.63, 3.8) is 0 Å². The molecule has 1 aromatic heterocycles. The van der Waals surface area contributed by atoms with Crippen LogP contribution in [-0.2, 0) is 13.0 Å². The summed E-state index contributed by atoms with van der Waals surface area (Å²) < 4.78 is 0. The summed E-state index contributed by atoms with van der Waals surface area (Å²) in [6.07, 6.45) is 9.19. The number of hydrogen-bond donors (Lipinski definition) is 1. The lowest BCUT2D eigenvalue weighted by atomic mass is 9.96. The predicted molar refractivity (Wildman–Crippen MR) is 79.7 cm³/mol. The first-order valence-corrected chi connectivity index (χ1v) is 8.51. The summed E-state index contributed by atoms with van der Waals surface area (Å²) in [5.41, 5.74) is 1.10. The molecular weight excluding hydrogens is 256 g/mol. The predicted octanol–water partition coefficient (Wildman–Crippen LogP) is 3.36. The molecule has 0 spiro atoms. The molecule has 3 nitrogen and oxygen atoms in total. The van der Waals surface area contributed by atoms with Crippen LogP contribution in [0, 0.1) is 5.92 Å². The standard InChI is InChI=1S/C15H24N2OS/c1-2-12-14(10-18)19-15(16-12)17-9-5-8-13(17)11-6-3-4-7-11/h11,13,18H,2-10H2,1H3. The molecule has 1 N–H and O–H groups in total. The SMILES string of the molecule is CCc1nc(N2CCCC2C2CCCC2)sc1CO. The maximum absolute atomic E-state index is 9.44. The number of aliphatic hydroxyl groups is 1. The number of rotatable bonds is 4. The van der Waals surface area contributed by atoms with Crippen LogP contribution in [0.4, 0.5) is 5.13 Å². The monoisotopic (exact) mass is 280 g/mol. The lowest BCUT2D eigenvalue weighted by molar-refractivity contribution is 0.284. The van der Waals surface area contributed by atoms with Gasteiger partial charge in [-0.25, -0.2) is 4.98 Å². The maximum atomic E-state index is 9.44. The van der Waals surface area contributed by atoms with E-state index < -0.39 is 0 Å². The molecule has 1 aliphatic heterocycles. The van der Waals surface area contributed by atoms with Gasteiger partial charge in [-0.3, -0.25) is 0 Å². The molecule has 2 aliphatic rings. The molecule has 1 saturated carbocycles. The number of anilines is 1. The summed E-state index contributed by atoms with van der Waals surface area (Å²) in [6.45, 7) is 3.42. The quantitative estimate of drug-likeness (QED) is 0.919. The zero-order valence-corrected chi connectivity index (χ0v) is 12.6. The molecule has 0 amide bonds. The van der Waals surface area contributed by atoms with E-state index in [4.69, 9.17) is 4.98 Å². The molecule has 2 heterocycles. The molecule has 1 atom stereocenters. The normalized spacial score (nSPS) is 24.5. The van der Waals surface area contributed by atoms with Gasteiger partial charge in [-0.2, -0.15) is 0 Å². The molecule has 0 bridgehead atoms. The third-order valence-corrected chi connectivity index (χ3v) is 5.85. The third-order valence-electron chi connectivity index (χ3n) is 4.73. The summed E-state index contributed by atoms with van der Waals surface area (Å²) in [5, 5.41) is 10.6. The maximum Gasteiger partial charge on any atom is 0.186 e. The highest BCUT2D eigenvalue weighted by molar-refractivity contribution is 7.15. The van der Waals surface area contributed by atoms with Crippen molar-refractivity contribution in [1.29, 1.82) is 0 Å². The largest absolute Gasteiger partial charge is 0.391 e. The van der Waals surface area contributed by atoms with Crippen molar-refractivity contribution in [1.82, 2.24) is 4.98 Å². The number of aliphatic hydroxyl groups excluding tert-OH is 1. The van der Waals surface area contributed by atoms with Crippen LogP contribution in [0.2, 0.25) is 0 Å². The Morgan fingerprint density at radius 2 is 2.05 bits per heavy atom. The topological polar surface area (TPSA) is 36.4 Å². The van der Waals surface area contributed by atoms with Gasteiger partial charge in [0.2, 0.25) is 0 Å². The van der Waals surface area contributed by atoms with E-state index in [1.165, 1.54) is 38.5 Å². The van der Waals surface area contributed by atoms with E-state index in [1.807, 2.05) is 0 Å². The molecule has 3 rings (SSSR count). The van der Waals surface area contributed by atoms with Gasteiger partial charge in [-0.15, -0.1) is 0 Å². The van der Waals surface area contributed by atoms with Gasteiger partial charge in [-0.05, 0) is 38.0 Å². The summed E-state index contributed by atoms with van der Waals surface area (Å²) in [4.78, 5) is 8.39. The fraction of sp³-hybridized carbons (Fsp3) is 0.800. The third kappa shape index (κ3) is 2.52. The van der Waals surface area contributed by atoms with Gasteiger partial charge in [0.1, 0.15) is 0 Å². The van der Waals surface area contributed by atoms with Crippen LogP contribution in [0.3, 0.4) is 0 Å². The minimum Gasteiger partial charge on any atom is -0.391 e. The smallest absolute Gasteiger partial charge is 0.186 e. The van der Waals surface area contributed by atoms with Crippen molar-refractivity contribution in [3.05, 3.63) is 10.6 Å². The number of thiazole rings is 1. The first-order valence-electron chi connectivity index (χ1n) is 7.69. The van der Waals surface area contributed by atoms with Gasteiger partial charge in [0, 0.05) is 12.6 Å². The fourth-order valence-corrected chi connectivity index (χ4v) is 4.85. The lowest BCUT2D eigenvalue weighted by Crippen LogP contribution is -2.34. The van der Waals surface area contributed by atoms with Crippen molar-refractivity contribution in [2.75, 3.05) is 11.4 Å². The Kier molecular flexibility index (Phi) is 4.08. The number of hydrogen-bond acceptors (Lipinski definition) is 4. The Hall–Kier alpha value is -0.610. The average Bonchev–Trinajstić information content (AvgIpc) is 3.16. The van der Waals surface area contributed by atoms with Crippen LogP contribution in [0.1, 0.15) is 56.0 Å². The zero-order chi connectivity index (χ0) is 13.2.